The van der Waals surface area contributed by atoms with Gasteiger partial charge in [0.2, 0.25) is 70.9 Å². The smallest absolute Gasteiger partial charge is 0.396 e. The van der Waals surface area contributed by atoms with E-state index in [2.05, 4.69) is 68.3 Å². The lowest BCUT2D eigenvalue weighted by Crippen LogP contribution is -2.64. The first-order valence-corrected chi connectivity index (χ1v) is 47.2. The molecule has 0 spiro atoms. The molecule has 3 rings (SSSR count). The summed E-state index contributed by atoms with van der Waals surface area (Å²) in [5.74, 6) is -5.46. The van der Waals surface area contributed by atoms with Crippen LogP contribution in [0.3, 0.4) is 0 Å². The van der Waals surface area contributed by atoms with E-state index in [1.165, 1.54) is 20.8 Å². The number of hydrogen-bond donors (Lipinski definition) is 23. The molecule has 47 nitrogen and oxygen atoms in total. The zero-order valence-electron chi connectivity index (χ0n) is 76.2. The van der Waals surface area contributed by atoms with Crippen LogP contribution in [-0.4, -0.2) is 376 Å². The monoisotopic (exact) mass is 1910 g/mol. The predicted octanol–water partition coefficient (Wildman–Crippen LogP) is -5.01. The van der Waals surface area contributed by atoms with Crippen molar-refractivity contribution in [1.82, 2.24) is 63.8 Å². The van der Waals surface area contributed by atoms with Crippen LogP contribution in [0, 0.1) is 5.92 Å². The minimum absolute atomic E-state index is 0.00298. The topological polar surface area (TPSA) is 690 Å². The summed E-state index contributed by atoms with van der Waals surface area (Å²) in [4.78, 5) is 163. The number of phosphoric ester groups is 1. The van der Waals surface area contributed by atoms with E-state index in [0.29, 0.717) is 57.9 Å². The molecule has 131 heavy (non-hydrogen) atoms. The van der Waals surface area contributed by atoms with E-state index in [1.54, 1.807) is 0 Å². The van der Waals surface area contributed by atoms with E-state index in [-0.39, 0.29) is 224 Å². The number of hydrogen-bond acceptors (Lipinski definition) is 34. The van der Waals surface area contributed by atoms with Crippen molar-refractivity contribution in [3.8, 4) is 0 Å². The Kier molecular flexibility index (Phi) is 63.7. The lowest BCUT2D eigenvalue weighted by Gasteiger charge is -2.42. The molecule has 19 atom stereocenters. The molecule has 0 aliphatic carbocycles. The van der Waals surface area contributed by atoms with Gasteiger partial charge in [0, 0.05) is 131 Å². The van der Waals surface area contributed by atoms with Gasteiger partial charge in [0.25, 0.3) is 0 Å². The van der Waals surface area contributed by atoms with E-state index in [9.17, 15) is 118 Å². The van der Waals surface area contributed by atoms with Gasteiger partial charge >= 0.3 is 7.82 Å². The van der Waals surface area contributed by atoms with E-state index >= 15 is 0 Å². The fourth-order valence-corrected chi connectivity index (χ4v) is 14.6. The molecule has 0 saturated carbocycles. The van der Waals surface area contributed by atoms with Gasteiger partial charge in [0.15, 0.2) is 18.9 Å². The molecule has 0 aromatic rings. The molecule has 3 aliphatic rings. The zero-order valence-corrected chi connectivity index (χ0v) is 77.1. The summed E-state index contributed by atoms with van der Waals surface area (Å²) in [6.45, 7) is 2.80. The van der Waals surface area contributed by atoms with Crippen LogP contribution in [0.15, 0.2) is 0 Å². The summed E-state index contributed by atoms with van der Waals surface area (Å²) in [5, 5.41) is 133. The number of aliphatic hydroxyl groups is 10. The molecular formula is C83H151N12O35P. The largest absolute Gasteiger partial charge is 0.471 e. The Morgan fingerprint density at radius 1 is 0.336 bits per heavy atom. The number of carbonyl (C=O) groups excluding carboxylic acids is 12. The number of ether oxygens (including phenoxy) is 9. The first kappa shape index (κ1) is 118. The van der Waals surface area contributed by atoms with Crippen LogP contribution in [0.2, 0.25) is 0 Å². The molecular weight excluding hydrogens is 1760 g/mol. The van der Waals surface area contributed by atoms with Crippen molar-refractivity contribution in [2.75, 3.05) is 145 Å². The molecule has 3 fully saturated rings. The van der Waals surface area contributed by atoms with Gasteiger partial charge in [-0.15, -0.1) is 0 Å². The van der Waals surface area contributed by atoms with Crippen LogP contribution in [0.4, 0.5) is 0 Å². The third-order valence-electron chi connectivity index (χ3n) is 21.4. The number of rotatable bonds is 75. The summed E-state index contributed by atoms with van der Waals surface area (Å²) in [7, 11) is -3.09. The minimum Gasteiger partial charge on any atom is -0.396 e. The predicted molar refractivity (Wildman–Crippen MR) is 464 cm³/mol. The Morgan fingerprint density at radius 3 is 0.969 bits per heavy atom. The lowest BCUT2D eigenvalue weighted by atomic mass is 9.97. The summed E-state index contributed by atoms with van der Waals surface area (Å²) < 4.78 is 70.9. The zero-order chi connectivity index (χ0) is 96.7. The highest BCUT2D eigenvalue weighted by atomic mass is 31.2. The van der Waals surface area contributed by atoms with Crippen molar-refractivity contribution >= 4 is 78.7 Å². The molecule has 12 amide bonds. The van der Waals surface area contributed by atoms with Crippen molar-refractivity contribution in [3.05, 3.63) is 0 Å². The first-order chi connectivity index (χ1) is 62.8. The second kappa shape index (κ2) is 70.6. The molecule has 3 saturated heterocycles. The van der Waals surface area contributed by atoms with Crippen LogP contribution in [0.1, 0.15) is 201 Å². The van der Waals surface area contributed by atoms with Crippen molar-refractivity contribution in [1.29, 1.82) is 0 Å². The molecule has 3 heterocycles. The quantitative estimate of drug-likeness (QED) is 0.0200. The van der Waals surface area contributed by atoms with Gasteiger partial charge in [-0.2, -0.15) is 0 Å². The summed E-state index contributed by atoms with van der Waals surface area (Å²) in [6.07, 6.45) is -4.25. The maximum atomic E-state index is 14.5. The Hall–Kier alpha value is -7.01. The fourth-order valence-electron chi connectivity index (χ4n) is 14.1. The van der Waals surface area contributed by atoms with Gasteiger partial charge in [0.05, 0.1) is 85.9 Å². The van der Waals surface area contributed by atoms with Gasteiger partial charge < -0.3 is 162 Å². The van der Waals surface area contributed by atoms with Crippen molar-refractivity contribution < 1.29 is 170 Å². The maximum absolute atomic E-state index is 14.5. The van der Waals surface area contributed by atoms with Gasteiger partial charge in [-0.25, -0.2) is 4.57 Å². The number of nitrogens with one attached hydrogen (secondary N) is 12. The Bertz CT molecular complexity index is 3320. The van der Waals surface area contributed by atoms with Crippen molar-refractivity contribution in [3.63, 3.8) is 0 Å². The number of phosphoric acid groups is 1. The van der Waals surface area contributed by atoms with Crippen LogP contribution < -0.4 is 63.8 Å². The van der Waals surface area contributed by atoms with Crippen LogP contribution in [0.25, 0.3) is 0 Å². The highest BCUT2D eigenvalue weighted by Gasteiger charge is 2.48. The van der Waals surface area contributed by atoms with Crippen molar-refractivity contribution in [2.45, 2.75) is 305 Å². The van der Waals surface area contributed by atoms with E-state index in [1.807, 2.05) is 0 Å². The van der Waals surface area contributed by atoms with Crippen LogP contribution in [0.5, 0.6) is 0 Å². The number of unbranched alkanes of at least 4 members (excludes halogenated alkanes) is 11. The van der Waals surface area contributed by atoms with Crippen LogP contribution >= 0.6 is 7.82 Å². The van der Waals surface area contributed by atoms with Crippen molar-refractivity contribution in [2.24, 2.45) is 5.92 Å². The van der Waals surface area contributed by atoms with Gasteiger partial charge in [-0.1, -0.05) is 51.4 Å². The molecule has 0 aromatic heterocycles. The average molecular weight is 1910 g/mol. The minimum atomic E-state index is -4.14. The standard InChI is InChI=1S/C83H151N12O35P/c1-54(100)91-70-76(113)73(110)60(50-97)128-81(70)124-46-43-121-40-37-87-66(106)29-20-27-64(104)85-34-18-14-24-58(79(116)90-36-16-11-9-7-5-6-8-10-12-26-63(103)84-33-17-13-23-57(49-96)53-127-131(118,119)120-4)95-80(117)59(94-69(109)32-22-31-68(108)89-39-42-123-45-48-126-83-72(93-56(3)102)78(115)75(112)62(52-99)130-83)25-15-19-35-86-65(105)28-21-30-67(107)88-38-41-122-44-47-125-82-71(92-55(2)101)77(114)74(111)61(51-98)129-82/h57-62,70-78,81-83,96-99,110-115H,5-53H2,1-4H3,(H,84,103)(H,85,104)(H,86,105)(H,87,106)(H,88,107)(H,89,108)(H,90,116)(H,91,100)(H,92,101)(H,93,102)(H,94,109)(H,95,117)(H,118,119)/t57?,58-,59-,60?,61?,62?,70?,71?,72?,73?,74?,75?,76?,77?,78?,81?,82?,83?/m0/s1. The van der Waals surface area contributed by atoms with E-state index in [0.717, 1.165) is 58.5 Å². The third-order valence-corrected chi connectivity index (χ3v) is 22.3. The molecule has 0 radical (unpaired) electrons. The fraction of sp³-hybridized carbons (Fsp3) is 0.855. The lowest BCUT2D eigenvalue weighted by molar-refractivity contribution is -0.272. The Labute approximate surface area is 765 Å². The molecule has 23 N–H and O–H groups in total. The number of amides is 12. The van der Waals surface area contributed by atoms with E-state index < -0.39 is 173 Å². The molecule has 3 aliphatic heterocycles. The molecule has 48 heteroatoms. The summed E-state index contributed by atoms with van der Waals surface area (Å²) >= 11 is 0. The highest BCUT2D eigenvalue weighted by molar-refractivity contribution is 7.47. The second-order valence-electron chi connectivity index (χ2n) is 32.3. The van der Waals surface area contributed by atoms with Gasteiger partial charge in [-0.05, 0) is 83.5 Å². The second-order valence-corrected chi connectivity index (χ2v) is 33.9. The average Bonchev–Trinajstić information content (AvgIpc) is 0.816. The highest BCUT2D eigenvalue weighted by Crippen LogP contribution is 2.42. The first-order valence-electron chi connectivity index (χ1n) is 45.7. The Balaban J connectivity index is 1.58. The Morgan fingerprint density at radius 2 is 0.634 bits per heavy atom. The number of carbonyl (C=O) groups is 12. The molecule has 0 aromatic carbocycles. The maximum Gasteiger partial charge on any atom is 0.471 e. The molecule has 758 valence electrons. The summed E-state index contributed by atoms with van der Waals surface area (Å²) in [6, 6.07) is -5.70. The molecule has 0 bridgehead atoms. The third kappa shape index (κ3) is 52.6. The molecule has 17 unspecified atom stereocenters. The van der Waals surface area contributed by atoms with E-state index in [4.69, 9.17) is 47.2 Å². The SMILES string of the molecule is COP(=O)(O)OCC(CO)CCCCNC(=O)CCCCCCCCCCCNC(=O)[C@H](CCCCNC(=O)CCCC(=O)NCCOCCOC1OC(CO)C(O)C(O)C1NC(C)=O)NC(=O)[C@H](CCCCNC(=O)CCCC(=O)NCCOCCOC1OC(CO)C(O)C(O)C1NC(C)=O)NC(=O)CCCC(=O)NCCOCCOC1OC(CO)C(O)C(O)C1NC(C)=O. The number of aliphatic hydroxyl groups excluding tert-OH is 10. The van der Waals surface area contributed by atoms with Gasteiger partial charge in [0.1, 0.15) is 85.1 Å². The van der Waals surface area contributed by atoms with Gasteiger partial charge in [-0.3, -0.25) is 66.6 Å². The summed E-state index contributed by atoms with van der Waals surface area (Å²) in [5.41, 5.74) is 0. The normalized spacial score (nSPS) is 23.0. The van der Waals surface area contributed by atoms with Crippen LogP contribution in [-0.2, 0) is 114 Å².